The van der Waals surface area contributed by atoms with Crippen molar-refractivity contribution in [3.05, 3.63) is 70.1 Å². The lowest BCUT2D eigenvalue weighted by atomic mass is 10.1. The number of hydrogen-bond donors (Lipinski definition) is 0. The second-order valence-corrected chi connectivity index (χ2v) is 5.43. The summed E-state index contributed by atoms with van der Waals surface area (Å²) in [4.78, 5) is 14.0. The fourth-order valence-electron chi connectivity index (χ4n) is 1.95. The zero-order valence-electron chi connectivity index (χ0n) is 10.0. The highest BCUT2D eigenvalue weighted by Crippen LogP contribution is 2.40. The van der Waals surface area contributed by atoms with Crippen LogP contribution < -0.4 is 0 Å². The number of rotatable bonds is 1. The largest absolute Gasteiger partial charge is 0.288 e. The van der Waals surface area contributed by atoms with Crippen molar-refractivity contribution in [3.8, 4) is 0 Å². The average Bonchev–Trinajstić information content (AvgIpc) is 2.70. The van der Waals surface area contributed by atoms with Gasteiger partial charge in [0, 0.05) is 10.5 Å². The zero-order chi connectivity index (χ0) is 12.5. The standard InChI is InChI=1S/C16H12OS/c1-11-6-8-12(9-7-11)10-15-16(17)13-4-2-3-5-14(13)18-15/h2-10H,1H3/b15-10+. The minimum absolute atomic E-state index is 0.135. The molecule has 0 saturated carbocycles. The molecule has 2 heteroatoms. The molecule has 3 rings (SSSR count). The van der Waals surface area contributed by atoms with E-state index in [-0.39, 0.29) is 5.78 Å². The van der Waals surface area contributed by atoms with Crippen LogP contribution in [0.5, 0.6) is 0 Å². The summed E-state index contributed by atoms with van der Waals surface area (Å²) in [7, 11) is 0. The minimum Gasteiger partial charge on any atom is -0.288 e. The lowest BCUT2D eigenvalue weighted by molar-refractivity contribution is 0.104. The predicted octanol–water partition coefficient (Wildman–Crippen LogP) is 4.32. The summed E-state index contributed by atoms with van der Waals surface area (Å²) in [5.41, 5.74) is 3.12. The topological polar surface area (TPSA) is 17.1 Å². The maximum atomic E-state index is 12.2. The maximum absolute atomic E-state index is 12.2. The van der Waals surface area contributed by atoms with Gasteiger partial charge in [0.15, 0.2) is 0 Å². The van der Waals surface area contributed by atoms with E-state index in [2.05, 4.69) is 19.1 Å². The third kappa shape index (κ3) is 2.00. The van der Waals surface area contributed by atoms with Crippen LogP contribution in [0.15, 0.2) is 58.3 Å². The Morgan fingerprint density at radius 1 is 1.00 bits per heavy atom. The van der Waals surface area contributed by atoms with Crippen molar-refractivity contribution in [2.75, 3.05) is 0 Å². The molecule has 2 aromatic carbocycles. The molecular weight excluding hydrogens is 240 g/mol. The number of fused-ring (bicyclic) bond motifs is 1. The predicted molar refractivity (Wildman–Crippen MR) is 75.8 cm³/mol. The van der Waals surface area contributed by atoms with Crippen LogP contribution in [0.2, 0.25) is 0 Å². The molecule has 0 bridgehead atoms. The van der Waals surface area contributed by atoms with Crippen LogP contribution in [0, 0.1) is 6.92 Å². The molecule has 18 heavy (non-hydrogen) atoms. The number of benzene rings is 2. The van der Waals surface area contributed by atoms with Crippen LogP contribution in [-0.4, -0.2) is 5.78 Å². The van der Waals surface area contributed by atoms with Crippen LogP contribution in [-0.2, 0) is 0 Å². The van der Waals surface area contributed by atoms with Gasteiger partial charge in [0.05, 0.1) is 4.91 Å². The van der Waals surface area contributed by atoms with Crippen molar-refractivity contribution in [2.24, 2.45) is 0 Å². The first-order chi connectivity index (χ1) is 8.74. The molecule has 0 radical (unpaired) electrons. The number of hydrogen-bond acceptors (Lipinski definition) is 2. The van der Waals surface area contributed by atoms with Crippen LogP contribution in [0.1, 0.15) is 21.5 Å². The van der Waals surface area contributed by atoms with E-state index in [1.807, 2.05) is 42.5 Å². The Bertz CT molecular complexity index is 638. The highest BCUT2D eigenvalue weighted by Gasteiger charge is 2.24. The quantitative estimate of drug-likeness (QED) is 0.703. The number of aryl methyl sites for hydroxylation is 1. The van der Waals surface area contributed by atoms with E-state index in [1.54, 1.807) is 11.8 Å². The van der Waals surface area contributed by atoms with Crippen LogP contribution >= 0.6 is 11.8 Å². The van der Waals surface area contributed by atoms with Crippen LogP contribution in [0.25, 0.3) is 6.08 Å². The Labute approximate surface area is 111 Å². The Balaban J connectivity index is 1.97. The van der Waals surface area contributed by atoms with Crippen LogP contribution in [0.3, 0.4) is 0 Å². The molecule has 0 aromatic heterocycles. The van der Waals surface area contributed by atoms with E-state index < -0.39 is 0 Å². The average molecular weight is 252 g/mol. The van der Waals surface area contributed by atoms with Crippen molar-refractivity contribution >= 4 is 23.6 Å². The zero-order valence-corrected chi connectivity index (χ0v) is 10.8. The molecule has 0 aliphatic carbocycles. The van der Waals surface area contributed by atoms with Gasteiger partial charge in [-0.15, -0.1) is 0 Å². The highest BCUT2D eigenvalue weighted by atomic mass is 32.2. The first-order valence-electron chi connectivity index (χ1n) is 5.84. The summed E-state index contributed by atoms with van der Waals surface area (Å²) < 4.78 is 0. The van der Waals surface area contributed by atoms with Gasteiger partial charge in [0.2, 0.25) is 5.78 Å². The highest BCUT2D eigenvalue weighted by molar-refractivity contribution is 8.04. The fourth-order valence-corrected chi connectivity index (χ4v) is 3.00. The van der Waals surface area contributed by atoms with Gasteiger partial charge in [-0.05, 0) is 30.7 Å². The second kappa shape index (κ2) is 4.46. The lowest BCUT2D eigenvalue weighted by Crippen LogP contribution is -1.93. The van der Waals surface area contributed by atoms with Crippen molar-refractivity contribution in [1.82, 2.24) is 0 Å². The van der Waals surface area contributed by atoms with Crippen molar-refractivity contribution in [3.63, 3.8) is 0 Å². The van der Waals surface area contributed by atoms with E-state index in [0.29, 0.717) is 0 Å². The van der Waals surface area contributed by atoms with Crippen molar-refractivity contribution in [1.29, 1.82) is 0 Å². The molecule has 1 aliphatic rings. The SMILES string of the molecule is Cc1ccc(/C=C2/Sc3ccccc3C2=O)cc1. The third-order valence-electron chi connectivity index (χ3n) is 2.95. The Morgan fingerprint density at radius 3 is 2.44 bits per heavy atom. The van der Waals surface area contributed by atoms with Gasteiger partial charge in [-0.3, -0.25) is 4.79 Å². The summed E-state index contributed by atoms with van der Waals surface area (Å²) in [6, 6.07) is 16.0. The molecule has 1 aliphatic heterocycles. The van der Waals surface area contributed by atoms with E-state index >= 15 is 0 Å². The molecule has 88 valence electrons. The minimum atomic E-state index is 0.135. The van der Waals surface area contributed by atoms with E-state index in [9.17, 15) is 4.79 Å². The summed E-state index contributed by atoms with van der Waals surface area (Å²) in [5, 5.41) is 0. The summed E-state index contributed by atoms with van der Waals surface area (Å²) in [5.74, 6) is 0.135. The van der Waals surface area contributed by atoms with Gasteiger partial charge in [-0.1, -0.05) is 53.7 Å². The van der Waals surface area contributed by atoms with E-state index in [0.717, 1.165) is 20.9 Å². The third-order valence-corrected chi connectivity index (χ3v) is 4.05. The molecule has 0 spiro atoms. The number of carbonyl (C=O) groups is 1. The van der Waals surface area contributed by atoms with Crippen molar-refractivity contribution in [2.45, 2.75) is 11.8 Å². The van der Waals surface area contributed by atoms with E-state index in [4.69, 9.17) is 0 Å². The number of Topliss-reactive ketones (excluding diaryl/α,β-unsaturated/α-hetero) is 1. The van der Waals surface area contributed by atoms with E-state index in [1.165, 1.54) is 5.56 Å². The maximum Gasteiger partial charge on any atom is 0.200 e. The van der Waals surface area contributed by atoms with Gasteiger partial charge < -0.3 is 0 Å². The Kier molecular flexibility index (Phi) is 2.80. The lowest BCUT2D eigenvalue weighted by Gasteiger charge is -1.97. The first-order valence-corrected chi connectivity index (χ1v) is 6.65. The smallest absolute Gasteiger partial charge is 0.200 e. The molecule has 0 N–H and O–H groups in total. The molecule has 1 nitrogen and oxygen atoms in total. The molecule has 2 aromatic rings. The monoisotopic (exact) mass is 252 g/mol. The Hall–Kier alpha value is -1.80. The number of carbonyl (C=O) groups excluding carboxylic acids is 1. The summed E-state index contributed by atoms with van der Waals surface area (Å²) in [6.45, 7) is 2.06. The Morgan fingerprint density at radius 2 is 1.72 bits per heavy atom. The van der Waals surface area contributed by atoms with Gasteiger partial charge >= 0.3 is 0 Å². The number of ketones is 1. The molecule has 0 atom stereocenters. The fraction of sp³-hybridized carbons (Fsp3) is 0.0625. The molecule has 0 saturated heterocycles. The summed E-state index contributed by atoms with van der Waals surface area (Å²) in [6.07, 6.45) is 1.96. The normalized spacial score (nSPS) is 16.1. The first kappa shape index (κ1) is 11.3. The molecular formula is C16H12OS. The van der Waals surface area contributed by atoms with Crippen LogP contribution in [0.4, 0.5) is 0 Å². The number of allylic oxidation sites excluding steroid dienone is 1. The summed E-state index contributed by atoms with van der Waals surface area (Å²) >= 11 is 1.55. The second-order valence-electron chi connectivity index (χ2n) is 4.35. The molecule has 1 heterocycles. The van der Waals surface area contributed by atoms with Crippen molar-refractivity contribution < 1.29 is 4.79 Å². The van der Waals surface area contributed by atoms with Gasteiger partial charge in [-0.2, -0.15) is 0 Å². The molecule has 0 amide bonds. The molecule has 0 fully saturated rings. The number of thioether (sulfide) groups is 1. The van der Waals surface area contributed by atoms with Gasteiger partial charge in [0.25, 0.3) is 0 Å². The molecule has 0 unspecified atom stereocenters. The van der Waals surface area contributed by atoms with Gasteiger partial charge in [-0.25, -0.2) is 0 Å². The van der Waals surface area contributed by atoms with Gasteiger partial charge in [0.1, 0.15) is 0 Å².